The molecular formula is C16H25NO. The van der Waals surface area contributed by atoms with Crippen molar-refractivity contribution in [3.05, 3.63) is 29.3 Å². The molecule has 1 aliphatic rings. The van der Waals surface area contributed by atoms with Crippen LogP contribution in [0, 0.1) is 5.41 Å². The van der Waals surface area contributed by atoms with Gasteiger partial charge in [-0.2, -0.15) is 0 Å². The maximum absolute atomic E-state index is 5.65. The van der Waals surface area contributed by atoms with Gasteiger partial charge in [0.15, 0.2) is 0 Å². The van der Waals surface area contributed by atoms with Gasteiger partial charge in [0.2, 0.25) is 0 Å². The Kier molecular flexibility index (Phi) is 4.28. The quantitative estimate of drug-likeness (QED) is 0.863. The van der Waals surface area contributed by atoms with Crippen molar-refractivity contribution in [3.63, 3.8) is 0 Å². The molecule has 1 aliphatic heterocycles. The van der Waals surface area contributed by atoms with Crippen molar-refractivity contribution in [2.75, 3.05) is 20.2 Å². The Hall–Kier alpha value is -1.02. The van der Waals surface area contributed by atoms with E-state index in [9.17, 15) is 0 Å². The maximum Gasteiger partial charge on any atom is 0.122 e. The van der Waals surface area contributed by atoms with Crippen molar-refractivity contribution in [2.45, 2.75) is 39.5 Å². The fraction of sp³-hybridized carbons (Fsp3) is 0.625. The Balaban J connectivity index is 1.98. The first-order valence-electron chi connectivity index (χ1n) is 7.00. The van der Waals surface area contributed by atoms with Crippen molar-refractivity contribution in [3.8, 4) is 5.75 Å². The zero-order chi connectivity index (χ0) is 13.0. The molecule has 0 fully saturated rings. The summed E-state index contributed by atoms with van der Waals surface area (Å²) < 4.78 is 5.65. The summed E-state index contributed by atoms with van der Waals surface area (Å²) in [6.07, 6.45) is 4.69. The molecule has 1 heterocycles. The molecule has 0 bridgehead atoms. The fourth-order valence-corrected chi connectivity index (χ4v) is 2.62. The molecule has 0 aromatic heterocycles. The van der Waals surface area contributed by atoms with Gasteiger partial charge in [0, 0.05) is 0 Å². The van der Waals surface area contributed by atoms with Gasteiger partial charge in [-0.25, -0.2) is 0 Å². The third-order valence-corrected chi connectivity index (χ3v) is 3.72. The highest BCUT2D eigenvalue weighted by Gasteiger charge is 2.17. The Morgan fingerprint density at radius 1 is 1.33 bits per heavy atom. The van der Waals surface area contributed by atoms with Gasteiger partial charge in [0.05, 0.1) is 6.61 Å². The third-order valence-electron chi connectivity index (χ3n) is 3.72. The molecule has 0 saturated heterocycles. The van der Waals surface area contributed by atoms with E-state index in [-0.39, 0.29) is 0 Å². The van der Waals surface area contributed by atoms with Gasteiger partial charge in [-0.1, -0.05) is 26.0 Å². The zero-order valence-electron chi connectivity index (χ0n) is 11.9. The topological polar surface area (TPSA) is 21.3 Å². The van der Waals surface area contributed by atoms with E-state index in [1.807, 2.05) is 7.05 Å². The molecule has 2 rings (SSSR count). The van der Waals surface area contributed by atoms with Gasteiger partial charge in [-0.3, -0.25) is 0 Å². The Labute approximate surface area is 111 Å². The molecule has 1 N–H and O–H groups in total. The third kappa shape index (κ3) is 3.49. The van der Waals surface area contributed by atoms with Crippen LogP contribution >= 0.6 is 0 Å². The average Bonchev–Trinajstić information content (AvgIpc) is 2.36. The van der Waals surface area contributed by atoms with Crippen LogP contribution in [0.4, 0.5) is 0 Å². The van der Waals surface area contributed by atoms with Crippen LogP contribution in [0.3, 0.4) is 0 Å². The summed E-state index contributed by atoms with van der Waals surface area (Å²) in [5, 5.41) is 3.27. The molecule has 2 heteroatoms. The molecule has 0 unspecified atom stereocenters. The van der Waals surface area contributed by atoms with Crippen LogP contribution < -0.4 is 10.1 Å². The second-order valence-electron chi connectivity index (χ2n) is 6.09. The minimum absolute atomic E-state index is 0.362. The standard InChI is InChI=1S/C16H25NO/c1-16(2,12-17-3)9-8-13-6-7-15-14(11-13)5-4-10-18-15/h6-7,11,17H,4-5,8-10,12H2,1-3H3. The minimum atomic E-state index is 0.362. The molecule has 0 saturated carbocycles. The van der Waals surface area contributed by atoms with Crippen LogP contribution in [0.25, 0.3) is 0 Å². The highest BCUT2D eigenvalue weighted by Crippen LogP contribution is 2.28. The van der Waals surface area contributed by atoms with Gasteiger partial charge in [0.1, 0.15) is 5.75 Å². The Morgan fingerprint density at radius 2 is 2.17 bits per heavy atom. The van der Waals surface area contributed by atoms with E-state index >= 15 is 0 Å². The van der Waals surface area contributed by atoms with E-state index in [4.69, 9.17) is 4.74 Å². The summed E-state index contributed by atoms with van der Waals surface area (Å²) in [6.45, 7) is 6.60. The molecule has 2 nitrogen and oxygen atoms in total. The number of rotatable bonds is 5. The molecule has 100 valence electrons. The summed E-state index contributed by atoms with van der Waals surface area (Å²) >= 11 is 0. The van der Waals surface area contributed by atoms with Gasteiger partial charge >= 0.3 is 0 Å². The predicted octanol–water partition coefficient (Wildman–Crippen LogP) is 3.19. The van der Waals surface area contributed by atoms with E-state index in [0.717, 1.165) is 31.7 Å². The number of benzene rings is 1. The molecule has 0 radical (unpaired) electrons. The van der Waals surface area contributed by atoms with Crippen molar-refractivity contribution < 1.29 is 4.74 Å². The second kappa shape index (κ2) is 5.75. The number of hydrogen-bond donors (Lipinski definition) is 1. The van der Waals surface area contributed by atoms with Crippen LogP contribution in [0.5, 0.6) is 5.75 Å². The van der Waals surface area contributed by atoms with E-state index in [1.54, 1.807) is 0 Å². The summed E-state index contributed by atoms with van der Waals surface area (Å²) in [6, 6.07) is 6.71. The number of nitrogens with one attached hydrogen (secondary N) is 1. The lowest BCUT2D eigenvalue weighted by Gasteiger charge is -2.24. The van der Waals surface area contributed by atoms with Crippen LogP contribution in [-0.2, 0) is 12.8 Å². The second-order valence-corrected chi connectivity index (χ2v) is 6.09. The molecule has 18 heavy (non-hydrogen) atoms. The molecule has 1 aromatic rings. The van der Waals surface area contributed by atoms with Gasteiger partial charge in [-0.15, -0.1) is 0 Å². The summed E-state index contributed by atoms with van der Waals surface area (Å²) in [4.78, 5) is 0. The van der Waals surface area contributed by atoms with E-state index in [2.05, 4.69) is 37.4 Å². The van der Waals surface area contributed by atoms with Crippen LogP contribution in [0.15, 0.2) is 18.2 Å². The molecular weight excluding hydrogens is 222 g/mol. The SMILES string of the molecule is CNCC(C)(C)CCc1ccc2c(c1)CCCO2. The highest BCUT2D eigenvalue weighted by molar-refractivity contribution is 5.38. The Bertz CT molecular complexity index is 398. The largest absolute Gasteiger partial charge is 0.493 e. The summed E-state index contributed by atoms with van der Waals surface area (Å²) in [5.41, 5.74) is 3.20. The van der Waals surface area contributed by atoms with Crippen LogP contribution in [-0.4, -0.2) is 20.2 Å². The fourth-order valence-electron chi connectivity index (χ4n) is 2.62. The number of fused-ring (bicyclic) bond motifs is 1. The predicted molar refractivity (Wildman–Crippen MR) is 76.3 cm³/mol. The van der Waals surface area contributed by atoms with Crippen molar-refractivity contribution >= 4 is 0 Å². The first-order valence-corrected chi connectivity index (χ1v) is 7.00. The molecule has 1 aromatic carbocycles. The molecule has 0 aliphatic carbocycles. The zero-order valence-corrected chi connectivity index (χ0v) is 11.9. The highest BCUT2D eigenvalue weighted by atomic mass is 16.5. The van der Waals surface area contributed by atoms with E-state index in [0.29, 0.717) is 5.41 Å². The van der Waals surface area contributed by atoms with Gasteiger partial charge < -0.3 is 10.1 Å². The summed E-state index contributed by atoms with van der Waals surface area (Å²) in [5.74, 6) is 1.10. The van der Waals surface area contributed by atoms with E-state index < -0.39 is 0 Å². The van der Waals surface area contributed by atoms with Crippen molar-refractivity contribution in [2.24, 2.45) is 5.41 Å². The Morgan fingerprint density at radius 3 is 2.94 bits per heavy atom. The minimum Gasteiger partial charge on any atom is -0.493 e. The smallest absolute Gasteiger partial charge is 0.122 e. The first-order chi connectivity index (χ1) is 8.61. The molecule has 0 atom stereocenters. The van der Waals surface area contributed by atoms with E-state index in [1.165, 1.54) is 24.0 Å². The van der Waals surface area contributed by atoms with Crippen molar-refractivity contribution in [1.82, 2.24) is 5.32 Å². The van der Waals surface area contributed by atoms with Gasteiger partial charge in [0.25, 0.3) is 0 Å². The number of aryl methyl sites for hydroxylation is 2. The lowest BCUT2D eigenvalue weighted by atomic mass is 9.86. The molecule has 0 amide bonds. The number of ether oxygens (including phenoxy) is 1. The first kappa shape index (κ1) is 13.4. The van der Waals surface area contributed by atoms with Crippen molar-refractivity contribution in [1.29, 1.82) is 0 Å². The molecule has 0 spiro atoms. The summed E-state index contributed by atoms with van der Waals surface area (Å²) in [7, 11) is 2.03. The average molecular weight is 247 g/mol. The van der Waals surface area contributed by atoms with Crippen LogP contribution in [0.1, 0.15) is 37.8 Å². The monoisotopic (exact) mass is 247 g/mol. The maximum atomic E-state index is 5.65. The van der Waals surface area contributed by atoms with Crippen LogP contribution in [0.2, 0.25) is 0 Å². The van der Waals surface area contributed by atoms with Gasteiger partial charge in [-0.05, 0) is 61.9 Å². The lowest BCUT2D eigenvalue weighted by molar-refractivity contribution is 0.288. The normalized spacial score (nSPS) is 15.1. The number of hydrogen-bond acceptors (Lipinski definition) is 2. The lowest BCUT2D eigenvalue weighted by Crippen LogP contribution is -2.27.